The van der Waals surface area contributed by atoms with Crippen molar-refractivity contribution in [1.29, 1.82) is 0 Å². The number of hydrogen-bond acceptors (Lipinski definition) is 4. The molecule has 36 heavy (non-hydrogen) atoms. The Morgan fingerprint density at radius 1 is 0.417 bits per heavy atom. The standard InChI is InChI=1S/C32H22O4/c33-31(27-18-7-9-20-29(27)35-25-14-3-1-4-15-25)23-12-11-13-24(22-23)32(34)28-19-8-10-21-30(28)36-26-16-5-2-6-17-26/h1-22H. The minimum absolute atomic E-state index is 0.231. The lowest BCUT2D eigenvalue weighted by atomic mass is 9.96. The lowest BCUT2D eigenvalue weighted by Crippen LogP contribution is -2.08. The first kappa shape index (κ1) is 22.8. The molecule has 0 bridgehead atoms. The van der Waals surface area contributed by atoms with Gasteiger partial charge in [0.05, 0.1) is 11.1 Å². The lowest BCUT2D eigenvalue weighted by Gasteiger charge is -2.12. The number of carbonyl (C=O) groups is 2. The first-order valence-corrected chi connectivity index (χ1v) is 11.5. The highest BCUT2D eigenvalue weighted by atomic mass is 16.5. The van der Waals surface area contributed by atoms with Gasteiger partial charge in [-0.1, -0.05) is 78.9 Å². The summed E-state index contributed by atoms with van der Waals surface area (Å²) in [5.41, 5.74) is 1.62. The number of hydrogen-bond donors (Lipinski definition) is 0. The third-order valence-electron chi connectivity index (χ3n) is 5.59. The Balaban J connectivity index is 1.43. The van der Waals surface area contributed by atoms with Gasteiger partial charge in [0.2, 0.25) is 0 Å². The van der Waals surface area contributed by atoms with E-state index >= 15 is 0 Å². The molecule has 0 saturated heterocycles. The van der Waals surface area contributed by atoms with Crippen molar-refractivity contribution in [2.24, 2.45) is 0 Å². The van der Waals surface area contributed by atoms with Crippen molar-refractivity contribution in [1.82, 2.24) is 0 Å². The second kappa shape index (κ2) is 10.5. The molecule has 0 amide bonds. The highest BCUT2D eigenvalue weighted by molar-refractivity contribution is 6.14. The van der Waals surface area contributed by atoms with Crippen molar-refractivity contribution in [2.75, 3.05) is 0 Å². The SMILES string of the molecule is O=C(c1cccc(C(=O)c2ccccc2Oc2ccccc2)c1)c1ccccc1Oc1ccccc1. The van der Waals surface area contributed by atoms with Crippen molar-refractivity contribution < 1.29 is 19.1 Å². The summed E-state index contributed by atoms with van der Waals surface area (Å²) in [5, 5.41) is 0. The molecule has 0 saturated carbocycles. The third-order valence-corrected chi connectivity index (χ3v) is 5.59. The molecule has 0 aromatic heterocycles. The van der Waals surface area contributed by atoms with E-state index in [2.05, 4.69) is 0 Å². The maximum absolute atomic E-state index is 13.5. The Morgan fingerprint density at radius 3 is 1.25 bits per heavy atom. The van der Waals surface area contributed by atoms with Crippen LogP contribution in [0.3, 0.4) is 0 Å². The Kier molecular flexibility index (Phi) is 6.68. The molecule has 5 rings (SSSR count). The summed E-state index contributed by atoms with van der Waals surface area (Å²) in [6.07, 6.45) is 0. The highest BCUT2D eigenvalue weighted by Crippen LogP contribution is 2.29. The molecule has 0 aliphatic heterocycles. The van der Waals surface area contributed by atoms with Gasteiger partial charge in [0.25, 0.3) is 0 Å². The number of rotatable bonds is 8. The summed E-state index contributed by atoms with van der Waals surface area (Å²) in [5.74, 6) is 1.71. The highest BCUT2D eigenvalue weighted by Gasteiger charge is 2.19. The van der Waals surface area contributed by atoms with Gasteiger partial charge in [-0.15, -0.1) is 0 Å². The summed E-state index contributed by atoms with van der Waals surface area (Å²) in [4.78, 5) is 26.9. The molecule has 0 atom stereocenters. The first-order chi connectivity index (χ1) is 17.7. The number of carbonyl (C=O) groups excluding carboxylic acids is 2. The van der Waals surface area contributed by atoms with E-state index in [1.165, 1.54) is 0 Å². The zero-order valence-corrected chi connectivity index (χ0v) is 19.3. The van der Waals surface area contributed by atoms with Crippen LogP contribution in [0.2, 0.25) is 0 Å². The lowest BCUT2D eigenvalue weighted by molar-refractivity contribution is 0.103. The maximum atomic E-state index is 13.5. The smallest absolute Gasteiger partial charge is 0.196 e. The van der Waals surface area contributed by atoms with E-state index < -0.39 is 0 Å². The van der Waals surface area contributed by atoms with Crippen LogP contribution in [-0.2, 0) is 0 Å². The summed E-state index contributed by atoms with van der Waals surface area (Å²) in [7, 11) is 0. The maximum Gasteiger partial charge on any atom is 0.196 e. The summed E-state index contributed by atoms with van der Waals surface area (Å²) < 4.78 is 11.9. The van der Waals surface area contributed by atoms with Crippen molar-refractivity contribution in [3.8, 4) is 23.0 Å². The van der Waals surface area contributed by atoms with Crippen LogP contribution in [0.1, 0.15) is 31.8 Å². The van der Waals surface area contributed by atoms with Crippen molar-refractivity contribution >= 4 is 11.6 Å². The zero-order valence-electron chi connectivity index (χ0n) is 19.3. The van der Waals surface area contributed by atoms with Gasteiger partial charge in [-0.3, -0.25) is 9.59 Å². The number of ketones is 2. The Morgan fingerprint density at radius 2 is 0.806 bits per heavy atom. The fourth-order valence-corrected chi connectivity index (χ4v) is 3.83. The van der Waals surface area contributed by atoms with Gasteiger partial charge in [0.1, 0.15) is 23.0 Å². The third kappa shape index (κ3) is 5.08. The largest absolute Gasteiger partial charge is 0.457 e. The number of ether oxygens (including phenoxy) is 2. The first-order valence-electron chi connectivity index (χ1n) is 11.5. The molecular weight excluding hydrogens is 448 g/mol. The second-order valence-electron chi connectivity index (χ2n) is 8.06. The van der Waals surface area contributed by atoms with Crippen LogP contribution in [0, 0.1) is 0 Å². The van der Waals surface area contributed by atoms with E-state index in [1.807, 2.05) is 72.8 Å². The summed E-state index contributed by atoms with van der Waals surface area (Å²) in [6.45, 7) is 0. The molecule has 5 aromatic rings. The topological polar surface area (TPSA) is 52.6 Å². The van der Waals surface area contributed by atoms with Gasteiger partial charge in [0.15, 0.2) is 11.6 Å². The minimum atomic E-state index is -0.231. The Bertz CT molecular complexity index is 1400. The Labute approximate surface area is 209 Å². The van der Waals surface area contributed by atoms with E-state index in [1.54, 1.807) is 60.7 Å². The molecule has 0 N–H and O–H groups in total. The molecule has 0 unspecified atom stereocenters. The van der Waals surface area contributed by atoms with Crippen LogP contribution in [0.5, 0.6) is 23.0 Å². The molecule has 0 heterocycles. The molecule has 5 aromatic carbocycles. The minimum Gasteiger partial charge on any atom is -0.457 e. The normalized spacial score (nSPS) is 10.4. The predicted molar refractivity (Wildman–Crippen MR) is 139 cm³/mol. The molecule has 0 radical (unpaired) electrons. The van der Waals surface area contributed by atoms with E-state index in [9.17, 15) is 9.59 Å². The average molecular weight is 471 g/mol. The molecule has 0 aliphatic rings. The monoisotopic (exact) mass is 470 g/mol. The van der Waals surface area contributed by atoms with Crippen LogP contribution >= 0.6 is 0 Å². The number of para-hydroxylation sites is 4. The molecule has 0 aliphatic carbocycles. The summed E-state index contributed by atoms with van der Waals surface area (Å²) >= 11 is 0. The molecule has 0 fully saturated rings. The van der Waals surface area contributed by atoms with Crippen LogP contribution in [0.15, 0.2) is 133 Å². The molecular formula is C32H22O4. The van der Waals surface area contributed by atoms with E-state index in [4.69, 9.17) is 9.47 Å². The molecule has 0 spiro atoms. The van der Waals surface area contributed by atoms with Crippen LogP contribution in [-0.4, -0.2) is 11.6 Å². The van der Waals surface area contributed by atoms with E-state index in [0.29, 0.717) is 45.3 Å². The van der Waals surface area contributed by atoms with Gasteiger partial charge < -0.3 is 9.47 Å². The zero-order chi connectivity index (χ0) is 24.7. The van der Waals surface area contributed by atoms with Crippen molar-refractivity contribution in [3.63, 3.8) is 0 Å². The Hall–Kier alpha value is -4.96. The van der Waals surface area contributed by atoms with Crippen LogP contribution in [0.4, 0.5) is 0 Å². The fraction of sp³-hybridized carbons (Fsp3) is 0. The van der Waals surface area contributed by atoms with E-state index in [0.717, 1.165) is 0 Å². The molecule has 4 nitrogen and oxygen atoms in total. The average Bonchev–Trinajstić information content (AvgIpc) is 2.94. The molecule has 174 valence electrons. The van der Waals surface area contributed by atoms with Gasteiger partial charge in [-0.25, -0.2) is 0 Å². The predicted octanol–water partition coefficient (Wildman–Crippen LogP) is 7.73. The van der Waals surface area contributed by atoms with Crippen molar-refractivity contribution in [2.45, 2.75) is 0 Å². The number of benzene rings is 5. The summed E-state index contributed by atoms with van der Waals surface area (Å²) in [6, 6.07) is 39.5. The van der Waals surface area contributed by atoms with Gasteiger partial charge >= 0.3 is 0 Å². The van der Waals surface area contributed by atoms with Gasteiger partial charge in [-0.05, 0) is 54.6 Å². The van der Waals surface area contributed by atoms with Crippen LogP contribution in [0.25, 0.3) is 0 Å². The van der Waals surface area contributed by atoms with Crippen molar-refractivity contribution in [3.05, 3.63) is 156 Å². The van der Waals surface area contributed by atoms with Gasteiger partial charge in [-0.2, -0.15) is 0 Å². The molecule has 4 heteroatoms. The van der Waals surface area contributed by atoms with Gasteiger partial charge in [0, 0.05) is 11.1 Å². The fourth-order valence-electron chi connectivity index (χ4n) is 3.83. The second-order valence-corrected chi connectivity index (χ2v) is 8.06. The van der Waals surface area contributed by atoms with Crippen LogP contribution < -0.4 is 9.47 Å². The quantitative estimate of drug-likeness (QED) is 0.218. The van der Waals surface area contributed by atoms with E-state index in [-0.39, 0.29) is 11.6 Å².